The molecule has 0 unspecified atom stereocenters. The molecule has 0 amide bonds. The smallest absolute Gasteiger partial charge is 0.0499 e. The summed E-state index contributed by atoms with van der Waals surface area (Å²) in [5.74, 6) is 0. The van der Waals surface area contributed by atoms with Crippen LogP contribution in [-0.2, 0) is 0 Å². The van der Waals surface area contributed by atoms with E-state index in [0.717, 1.165) is 19.5 Å². The van der Waals surface area contributed by atoms with Crippen LogP contribution in [0.3, 0.4) is 0 Å². The fraction of sp³-hybridized carbons (Fsp3) is 0.0968. The maximum atomic E-state index is 3.75. The van der Waals surface area contributed by atoms with Gasteiger partial charge in [-0.2, -0.15) is 0 Å². The van der Waals surface area contributed by atoms with Crippen molar-refractivity contribution < 1.29 is 0 Å². The van der Waals surface area contributed by atoms with Crippen molar-refractivity contribution in [1.29, 1.82) is 0 Å². The standard InChI is InChI=1S/C31H26N2/c1-5-14-26-22(10-1)20-23-11-2-6-15-27(23)30(26)32-18-9-19-33-31-28-16-7-3-12-24(28)21-25-13-4-8-17-29(25)31/h1-8,10-17,20-21,32-33H,9,18-19H2. The molecular weight excluding hydrogens is 400 g/mol. The predicted molar refractivity (Wildman–Crippen MR) is 145 cm³/mol. The Morgan fingerprint density at radius 3 is 1.03 bits per heavy atom. The van der Waals surface area contributed by atoms with E-state index < -0.39 is 0 Å². The lowest BCUT2D eigenvalue weighted by Crippen LogP contribution is -2.10. The van der Waals surface area contributed by atoms with Gasteiger partial charge in [0, 0.05) is 46.0 Å². The minimum Gasteiger partial charge on any atom is -0.384 e. The molecule has 0 aliphatic carbocycles. The second-order valence-electron chi connectivity index (χ2n) is 8.59. The molecule has 0 atom stereocenters. The summed E-state index contributed by atoms with van der Waals surface area (Å²) in [5.41, 5.74) is 2.47. The zero-order valence-electron chi connectivity index (χ0n) is 18.5. The number of hydrogen-bond acceptors (Lipinski definition) is 2. The Bertz CT molecular complexity index is 1370. The molecule has 0 heterocycles. The van der Waals surface area contributed by atoms with Crippen LogP contribution >= 0.6 is 0 Å². The summed E-state index contributed by atoms with van der Waals surface area (Å²) in [4.78, 5) is 0. The van der Waals surface area contributed by atoms with Crippen molar-refractivity contribution in [2.45, 2.75) is 6.42 Å². The van der Waals surface area contributed by atoms with Crippen LogP contribution in [0, 0.1) is 0 Å². The molecule has 2 heteroatoms. The normalized spacial score (nSPS) is 11.4. The van der Waals surface area contributed by atoms with E-state index >= 15 is 0 Å². The second-order valence-corrected chi connectivity index (χ2v) is 8.59. The molecule has 0 aromatic heterocycles. The minimum absolute atomic E-state index is 0.910. The number of nitrogens with one attached hydrogen (secondary N) is 2. The minimum atomic E-state index is 0.910. The molecule has 0 bridgehead atoms. The topological polar surface area (TPSA) is 24.1 Å². The van der Waals surface area contributed by atoms with E-state index in [0.29, 0.717) is 0 Å². The first-order valence-electron chi connectivity index (χ1n) is 11.7. The van der Waals surface area contributed by atoms with Crippen LogP contribution in [0.25, 0.3) is 43.1 Å². The zero-order chi connectivity index (χ0) is 22.0. The van der Waals surface area contributed by atoms with Crippen molar-refractivity contribution in [3.8, 4) is 0 Å². The van der Waals surface area contributed by atoms with E-state index in [1.807, 2.05) is 0 Å². The molecule has 160 valence electrons. The van der Waals surface area contributed by atoms with Gasteiger partial charge in [0.25, 0.3) is 0 Å². The van der Waals surface area contributed by atoms with Gasteiger partial charge in [-0.05, 0) is 40.1 Å². The average Bonchev–Trinajstić information content (AvgIpc) is 2.87. The van der Waals surface area contributed by atoms with Crippen molar-refractivity contribution in [3.63, 3.8) is 0 Å². The predicted octanol–water partition coefficient (Wildman–Crippen LogP) is 8.21. The van der Waals surface area contributed by atoms with E-state index in [9.17, 15) is 0 Å². The molecular formula is C31H26N2. The Kier molecular flexibility index (Phi) is 5.04. The average molecular weight is 427 g/mol. The quantitative estimate of drug-likeness (QED) is 0.207. The first-order valence-corrected chi connectivity index (χ1v) is 11.7. The lowest BCUT2D eigenvalue weighted by Gasteiger charge is -2.16. The van der Waals surface area contributed by atoms with Gasteiger partial charge in [-0.25, -0.2) is 0 Å². The molecule has 6 rings (SSSR count). The molecule has 2 nitrogen and oxygen atoms in total. The molecule has 6 aromatic carbocycles. The monoisotopic (exact) mass is 426 g/mol. The summed E-state index contributed by atoms with van der Waals surface area (Å²) >= 11 is 0. The molecule has 0 aliphatic heterocycles. The highest BCUT2D eigenvalue weighted by Crippen LogP contribution is 2.34. The van der Waals surface area contributed by atoms with Crippen LogP contribution < -0.4 is 10.6 Å². The first-order chi connectivity index (χ1) is 16.4. The number of rotatable bonds is 6. The van der Waals surface area contributed by atoms with Gasteiger partial charge in [0.1, 0.15) is 0 Å². The number of anilines is 2. The van der Waals surface area contributed by atoms with Crippen molar-refractivity contribution in [2.24, 2.45) is 0 Å². The van der Waals surface area contributed by atoms with Crippen LogP contribution in [0.15, 0.2) is 109 Å². The summed E-state index contributed by atoms with van der Waals surface area (Å²) < 4.78 is 0. The van der Waals surface area contributed by atoms with Gasteiger partial charge in [0.05, 0.1) is 0 Å². The third-order valence-corrected chi connectivity index (χ3v) is 6.50. The van der Waals surface area contributed by atoms with Gasteiger partial charge in [0.2, 0.25) is 0 Å². The van der Waals surface area contributed by atoms with Crippen molar-refractivity contribution >= 4 is 54.5 Å². The Hall–Kier alpha value is -4.04. The van der Waals surface area contributed by atoms with Crippen LogP contribution in [0.2, 0.25) is 0 Å². The number of hydrogen-bond donors (Lipinski definition) is 2. The Morgan fingerprint density at radius 2 is 0.697 bits per heavy atom. The molecule has 0 spiro atoms. The van der Waals surface area contributed by atoms with Gasteiger partial charge < -0.3 is 10.6 Å². The Morgan fingerprint density at radius 1 is 0.394 bits per heavy atom. The van der Waals surface area contributed by atoms with E-state index in [2.05, 4.69) is 120 Å². The van der Waals surface area contributed by atoms with E-state index in [1.54, 1.807) is 0 Å². The molecule has 0 fully saturated rings. The molecule has 0 saturated carbocycles. The summed E-state index contributed by atoms with van der Waals surface area (Å²) in [6.07, 6.45) is 1.02. The number of benzene rings is 6. The lowest BCUT2D eigenvalue weighted by molar-refractivity contribution is 0.913. The molecule has 0 radical (unpaired) electrons. The van der Waals surface area contributed by atoms with Crippen molar-refractivity contribution in [3.05, 3.63) is 109 Å². The van der Waals surface area contributed by atoms with Gasteiger partial charge in [-0.3, -0.25) is 0 Å². The van der Waals surface area contributed by atoms with Crippen molar-refractivity contribution in [2.75, 3.05) is 23.7 Å². The van der Waals surface area contributed by atoms with Gasteiger partial charge in [-0.1, -0.05) is 97.1 Å². The third-order valence-electron chi connectivity index (χ3n) is 6.50. The number of fused-ring (bicyclic) bond motifs is 4. The summed E-state index contributed by atoms with van der Waals surface area (Å²) in [5, 5.41) is 17.7. The largest absolute Gasteiger partial charge is 0.384 e. The molecule has 2 N–H and O–H groups in total. The maximum Gasteiger partial charge on any atom is 0.0499 e. The van der Waals surface area contributed by atoms with Crippen LogP contribution in [0.4, 0.5) is 11.4 Å². The highest BCUT2D eigenvalue weighted by Gasteiger charge is 2.08. The summed E-state index contributed by atoms with van der Waals surface area (Å²) in [7, 11) is 0. The fourth-order valence-electron chi connectivity index (χ4n) is 4.92. The SMILES string of the molecule is c1ccc2c(NCCCNc3c4ccccc4cc4ccccc34)c3ccccc3cc2c1. The van der Waals surface area contributed by atoms with Crippen LogP contribution in [0.1, 0.15) is 6.42 Å². The Balaban J connectivity index is 1.24. The summed E-state index contributed by atoms with van der Waals surface area (Å²) in [6.45, 7) is 1.82. The third kappa shape index (κ3) is 3.64. The Labute approximate surface area is 193 Å². The van der Waals surface area contributed by atoms with Gasteiger partial charge >= 0.3 is 0 Å². The zero-order valence-corrected chi connectivity index (χ0v) is 18.5. The van der Waals surface area contributed by atoms with Crippen molar-refractivity contribution in [1.82, 2.24) is 0 Å². The molecule has 0 saturated heterocycles. The molecule has 0 aliphatic rings. The first kappa shape index (κ1) is 19.6. The highest BCUT2D eigenvalue weighted by molar-refractivity contribution is 6.12. The second kappa shape index (κ2) is 8.48. The van der Waals surface area contributed by atoms with Gasteiger partial charge in [-0.15, -0.1) is 0 Å². The fourth-order valence-corrected chi connectivity index (χ4v) is 4.92. The summed E-state index contributed by atoms with van der Waals surface area (Å²) in [6, 6.07) is 39.1. The van der Waals surface area contributed by atoms with E-state index in [1.165, 1.54) is 54.5 Å². The lowest BCUT2D eigenvalue weighted by atomic mass is 10.0. The molecule has 6 aromatic rings. The molecule has 33 heavy (non-hydrogen) atoms. The van der Waals surface area contributed by atoms with Crippen LogP contribution in [0.5, 0.6) is 0 Å². The van der Waals surface area contributed by atoms with E-state index in [4.69, 9.17) is 0 Å². The highest BCUT2D eigenvalue weighted by atomic mass is 14.9. The van der Waals surface area contributed by atoms with Gasteiger partial charge in [0.15, 0.2) is 0 Å². The maximum absolute atomic E-state index is 3.75. The van der Waals surface area contributed by atoms with Crippen LogP contribution in [-0.4, -0.2) is 13.1 Å². The van der Waals surface area contributed by atoms with E-state index in [-0.39, 0.29) is 0 Å².